The maximum atomic E-state index is 11.7. The summed E-state index contributed by atoms with van der Waals surface area (Å²) in [6.45, 7) is -0.148. The zero-order valence-electron chi connectivity index (χ0n) is 10.3. The largest absolute Gasteiger partial charge is 0.451 e. The molecule has 7 nitrogen and oxygen atoms in total. The molecule has 0 amide bonds. The summed E-state index contributed by atoms with van der Waals surface area (Å²) in [4.78, 5) is 14.4. The molecule has 3 rings (SSSR count). The number of ether oxygens (including phenoxy) is 1. The van der Waals surface area contributed by atoms with Crippen molar-refractivity contribution in [3.63, 3.8) is 0 Å². The number of H-pyrrole nitrogens is 1. The number of hydrogen-bond acceptors (Lipinski definition) is 6. The number of esters is 1. The van der Waals surface area contributed by atoms with E-state index < -0.39 is 5.97 Å². The van der Waals surface area contributed by atoms with Crippen molar-refractivity contribution in [3.05, 3.63) is 45.7 Å². The van der Waals surface area contributed by atoms with E-state index in [0.717, 1.165) is 0 Å². The Kier molecular flexibility index (Phi) is 3.80. The minimum Gasteiger partial charge on any atom is -0.451 e. The van der Waals surface area contributed by atoms with Crippen molar-refractivity contribution in [2.75, 3.05) is 0 Å². The van der Waals surface area contributed by atoms with Gasteiger partial charge < -0.3 is 18.6 Å². The Morgan fingerprint density at radius 3 is 2.90 bits per heavy atom. The second-order valence-corrected chi connectivity index (χ2v) is 5.13. The van der Waals surface area contributed by atoms with Gasteiger partial charge in [-0.15, -0.1) is 10.2 Å². The van der Waals surface area contributed by atoms with E-state index in [9.17, 15) is 4.79 Å². The highest BCUT2D eigenvalue weighted by molar-refractivity contribution is 9.10. The fourth-order valence-electron chi connectivity index (χ4n) is 1.53. The van der Waals surface area contributed by atoms with Crippen LogP contribution >= 0.6 is 27.5 Å². The van der Waals surface area contributed by atoms with Crippen molar-refractivity contribution in [1.82, 2.24) is 15.2 Å². The van der Waals surface area contributed by atoms with Crippen molar-refractivity contribution in [2.45, 2.75) is 6.61 Å². The summed E-state index contributed by atoms with van der Waals surface area (Å²) in [5.41, 5.74) is 0.245. The highest BCUT2D eigenvalue weighted by Crippen LogP contribution is 2.23. The first kappa shape index (κ1) is 13.9. The van der Waals surface area contributed by atoms with Gasteiger partial charge >= 0.3 is 5.97 Å². The molecule has 0 bridgehead atoms. The van der Waals surface area contributed by atoms with Crippen LogP contribution in [0.4, 0.5) is 0 Å². The van der Waals surface area contributed by atoms with Gasteiger partial charge in [-0.05, 0) is 34.1 Å². The molecule has 0 spiro atoms. The van der Waals surface area contributed by atoms with Crippen LogP contribution in [0.25, 0.3) is 11.7 Å². The Morgan fingerprint density at radius 1 is 1.38 bits per heavy atom. The molecule has 0 radical (unpaired) electrons. The zero-order chi connectivity index (χ0) is 14.8. The molecule has 0 aliphatic heterocycles. The molecule has 0 saturated heterocycles. The lowest BCUT2D eigenvalue weighted by Gasteiger charge is -1.98. The number of nitrogens with zero attached hydrogens (tertiary/aromatic N) is 2. The van der Waals surface area contributed by atoms with E-state index in [4.69, 9.17) is 25.2 Å². The van der Waals surface area contributed by atoms with Crippen LogP contribution < -0.4 is 0 Å². The molecule has 0 fully saturated rings. The van der Waals surface area contributed by atoms with Crippen LogP contribution in [0, 0.1) is 0 Å². The van der Waals surface area contributed by atoms with Crippen molar-refractivity contribution in [2.24, 2.45) is 0 Å². The summed E-state index contributed by atoms with van der Waals surface area (Å²) in [6.07, 6.45) is 1.48. The summed E-state index contributed by atoms with van der Waals surface area (Å²) in [5.74, 6) is 0.212. The summed E-state index contributed by atoms with van der Waals surface area (Å²) in [7, 11) is 0. The number of carbonyl (C=O) groups excluding carboxylic acids is 1. The molecule has 9 heteroatoms. The van der Waals surface area contributed by atoms with Gasteiger partial charge in [0.15, 0.2) is 17.0 Å². The van der Waals surface area contributed by atoms with Gasteiger partial charge in [0.1, 0.15) is 5.69 Å². The van der Waals surface area contributed by atoms with Gasteiger partial charge in [-0.25, -0.2) is 4.79 Å². The van der Waals surface area contributed by atoms with Gasteiger partial charge in [0.05, 0.1) is 5.02 Å². The molecule has 0 aromatic carbocycles. The van der Waals surface area contributed by atoms with E-state index in [1.165, 1.54) is 12.3 Å². The lowest BCUT2D eigenvalue weighted by Crippen LogP contribution is -2.05. The van der Waals surface area contributed by atoms with E-state index in [1.807, 2.05) is 0 Å². The van der Waals surface area contributed by atoms with Crippen molar-refractivity contribution >= 4 is 33.5 Å². The van der Waals surface area contributed by atoms with E-state index in [0.29, 0.717) is 15.5 Å². The summed E-state index contributed by atoms with van der Waals surface area (Å²) < 4.78 is 16.2. The summed E-state index contributed by atoms with van der Waals surface area (Å²) in [6, 6.07) is 4.84. The SMILES string of the molecule is O=C(OCc1nnc(-c2ccc(Br)o2)o1)c1cc(Cl)c[nH]1. The smallest absolute Gasteiger partial charge is 0.355 e. The molecular weight excluding hydrogens is 366 g/mol. The monoisotopic (exact) mass is 371 g/mol. The predicted molar refractivity (Wildman–Crippen MR) is 74.6 cm³/mol. The number of furan rings is 1. The number of hydrogen-bond donors (Lipinski definition) is 1. The van der Waals surface area contributed by atoms with Gasteiger partial charge in [-0.1, -0.05) is 11.6 Å². The fourth-order valence-corrected chi connectivity index (χ4v) is 2.00. The fraction of sp³-hybridized carbons (Fsp3) is 0.0833. The van der Waals surface area contributed by atoms with Crippen LogP contribution in [-0.2, 0) is 11.3 Å². The number of aromatic amines is 1. The number of aromatic nitrogens is 3. The number of rotatable bonds is 4. The van der Waals surface area contributed by atoms with Crippen LogP contribution in [0.1, 0.15) is 16.4 Å². The highest BCUT2D eigenvalue weighted by atomic mass is 79.9. The van der Waals surface area contributed by atoms with Crippen molar-refractivity contribution in [1.29, 1.82) is 0 Å². The Bertz CT molecular complexity index is 779. The Labute approximate surface area is 131 Å². The second-order valence-electron chi connectivity index (χ2n) is 3.91. The zero-order valence-corrected chi connectivity index (χ0v) is 12.6. The Hall–Kier alpha value is -2.06. The molecule has 3 aromatic rings. The lowest BCUT2D eigenvalue weighted by atomic mass is 10.4. The topological polar surface area (TPSA) is 94.2 Å². The molecule has 1 N–H and O–H groups in total. The molecule has 0 atom stereocenters. The molecule has 3 heterocycles. The Morgan fingerprint density at radius 2 is 2.24 bits per heavy atom. The summed E-state index contributed by atoms with van der Waals surface area (Å²) >= 11 is 8.87. The van der Waals surface area contributed by atoms with E-state index in [-0.39, 0.29) is 24.1 Å². The molecule has 3 aromatic heterocycles. The van der Waals surface area contributed by atoms with Crippen molar-refractivity contribution < 1.29 is 18.4 Å². The first-order chi connectivity index (χ1) is 10.1. The second kappa shape index (κ2) is 5.74. The minimum absolute atomic E-state index is 0.148. The maximum Gasteiger partial charge on any atom is 0.355 e. The van der Waals surface area contributed by atoms with Crippen LogP contribution in [0.5, 0.6) is 0 Å². The predicted octanol–water partition coefficient (Wildman–Crippen LogP) is 3.43. The van der Waals surface area contributed by atoms with E-state index in [1.54, 1.807) is 12.1 Å². The number of nitrogens with one attached hydrogen (secondary N) is 1. The van der Waals surface area contributed by atoms with Gasteiger partial charge in [-0.3, -0.25) is 0 Å². The lowest BCUT2D eigenvalue weighted by molar-refractivity contribution is 0.0432. The molecular formula is C12H7BrClN3O4. The molecule has 21 heavy (non-hydrogen) atoms. The first-order valence-corrected chi connectivity index (χ1v) is 6.88. The van der Waals surface area contributed by atoms with Crippen LogP contribution in [0.3, 0.4) is 0 Å². The van der Waals surface area contributed by atoms with E-state index in [2.05, 4.69) is 31.1 Å². The summed E-state index contributed by atoms with van der Waals surface area (Å²) in [5, 5.41) is 7.99. The molecule has 108 valence electrons. The standard InChI is InChI=1S/C12H7BrClN3O4/c13-9-2-1-8(20-9)11-17-16-10(21-11)5-19-12(18)7-3-6(14)4-15-7/h1-4,15H,5H2. The van der Waals surface area contributed by atoms with Crippen LogP contribution in [0.15, 0.2) is 37.9 Å². The average Bonchev–Trinajstić information content (AvgIpc) is 3.16. The van der Waals surface area contributed by atoms with Gasteiger partial charge in [0.2, 0.25) is 0 Å². The average molecular weight is 373 g/mol. The normalized spacial score (nSPS) is 10.8. The number of carbonyl (C=O) groups is 1. The quantitative estimate of drug-likeness (QED) is 0.705. The molecule has 0 unspecified atom stereocenters. The van der Waals surface area contributed by atoms with Crippen LogP contribution in [0.2, 0.25) is 5.02 Å². The third-order valence-electron chi connectivity index (χ3n) is 2.45. The highest BCUT2D eigenvalue weighted by Gasteiger charge is 2.15. The minimum atomic E-state index is -0.567. The van der Waals surface area contributed by atoms with Gasteiger partial charge in [0.25, 0.3) is 11.8 Å². The number of halogens is 2. The van der Waals surface area contributed by atoms with Gasteiger partial charge in [-0.2, -0.15) is 0 Å². The third-order valence-corrected chi connectivity index (χ3v) is 3.09. The van der Waals surface area contributed by atoms with Gasteiger partial charge in [0, 0.05) is 6.20 Å². The molecule has 0 aliphatic rings. The van der Waals surface area contributed by atoms with E-state index >= 15 is 0 Å². The third kappa shape index (κ3) is 3.17. The Balaban J connectivity index is 1.64. The molecule has 0 saturated carbocycles. The van der Waals surface area contributed by atoms with Crippen molar-refractivity contribution in [3.8, 4) is 11.7 Å². The van der Waals surface area contributed by atoms with Crippen LogP contribution in [-0.4, -0.2) is 21.2 Å². The maximum absolute atomic E-state index is 11.7. The first-order valence-electron chi connectivity index (χ1n) is 5.71. The molecule has 0 aliphatic carbocycles.